The van der Waals surface area contributed by atoms with E-state index in [9.17, 15) is 23.1 Å². The highest BCUT2D eigenvalue weighted by molar-refractivity contribution is 7.91. The number of likely N-dealkylation sites (N-methyl/N-ethyl adjacent to an activating group) is 1. The molecule has 1 heterocycles. The summed E-state index contributed by atoms with van der Waals surface area (Å²) in [6.07, 6.45) is 0.324. The number of carbonyl (C=O) groups excluding carboxylic acids is 2. The van der Waals surface area contributed by atoms with Gasteiger partial charge in [-0.2, -0.15) is 0 Å². The van der Waals surface area contributed by atoms with Gasteiger partial charge in [0.1, 0.15) is 5.75 Å². The predicted octanol–water partition coefficient (Wildman–Crippen LogP) is 0.216. The molecule has 1 unspecified atom stereocenters. The van der Waals surface area contributed by atoms with Gasteiger partial charge in [-0.1, -0.05) is 6.07 Å². The second-order valence-electron chi connectivity index (χ2n) is 6.83. The molecule has 1 fully saturated rings. The quantitative estimate of drug-likeness (QED) is 0.556. The van der Waals surface area contributed by atoms with Crippen molar-refractivity contribution in [2.75, 3.05) is 44.0 Å². The zero-order valence-electron chi connectivity index (χ0n) is 15.2. The third kappa shape index (κ3) is 5.18. The fourth-order valence-corrected chi connectivity index (χ4v) is 4.57. The first kappa shape index (κ1) is 20.2. The van der Waals surface area contributed by atoms with Crippen molar-refractivity contribution in [3.8, 4) is 5.75 Å². The number of nitrogens with one attached hydrogen (secondary N) is 1. The first-order valence-corrected chi connectivity index (χ1v) is 10.2. The second kappa shape index (κ2) is 8.05. The van der Waals surface area contributed by atoms with Gasteiger partial charge in [-0.25, -0.2) is 8.42 Å². The van der Waals surface area contributed by atoms with Gasteiger partial charge in [0.2, 0.25) is 0 Å². The molecule has 2 N–H and O–H groups in total. The summed E-state index contributed by atoms with van der Waals surface area (Å²) in [6.45, 7) is 2.55. The van der Waals surface area contributed by atoms with E-state index in [1.54, 1.807) is 19.1 Å². The summed E-state index contributed by atoms with van der Waals surface area (Å²) in [5, 5.41) is 12.3. The Morgan fingerprint density at radius 2 is 1.96 bits per heavy atom. The summed E-state index contributed by atoms with van der Waals surface area (Å²) in [6, 6.07) is 4.16. The summed E-state index contributed by atoms with van der Waals surface area (Å²) < 4.78 is 23.5. The molecule has 1 aliphatic rings. The van der Waals surface area contributed by atoms with E-state index >= 15 is 0 Å². The number of carbonyl (C=O) groups is 2. The van der Waals surface area contributed by atoms with Crippen LogP contribution in [0.5, 0.6) is 5.75 Å². The van der Waals surface area contributed by atoms with Crippen LogP contribution in [0.1, 0.15) is 12.0 Å². The molecule has 0 saturated carbocycles. The SMILES string of the molecule is Cc1ccc(O)c(NC(=O)C(=O)N(CCN(C)C)C2CCS(=O)(=O)C2)c1. The highest BCUT2D eigenvalue weighted by Gasteiger charge is 2.36. The zero-order valence-corrected chi connectivity index (χ0v) is 16.0. The molecule has 0 bridgehead atoms. The normalized spacial score (nSPS) is 18.7. The molecular weight excluding hydrogens is 358 g/mol. The van der Waals surface area contributed by atoms with Crippen molar-refractivity contribution in [2.24, 2.45) is 0 Å². The maximum Gasteiger partial charge on any atom is 0.314 e. The van der Waals surface area contributed by atoms with Crippen molar-refractivity contribution in [3.63, 3.8) is 0 Å². The van der Waals surface area contributed by atoms with Gasteiger partial charge in [0, 0.05) is 19.1 Å². The first-order valence-electron chi connectivity index (χ1n) is 8.36. The van der Waals surface area contributed by atoms with Gasteiger partial charge in [0.15, 0.2) is 9.84 Å². The predicted molar refractivity (Wildman–Crippen MR) is 98.8 cm³/mol. The third-order valence-electron chi connectivity index (χ3n) is 4.29. The summed E-state index contributed by atoms with van der Waals surface area (Å²) in [5.74, 6) is -1.94. The van der Waals surface area contributed by atoms with Crippen molar-refractivity contribution in [1.29, 1.82) is 0 Å². The Hall–Kier alpha value is -2.13. The average molecular weight is 383 g/mol. The Kier molecular flexibility index (Phi) is 6.25. The van der Waals surface area contributed by atoms with Crippen LogP contribution in [0.25, 0.3) is 0 Å². The lowest BCUT2D eigenvalue weighted by atomic mass is 10.2. The fourth-order valence-electron chi connectivity index (χ4n) is 2.84. The standard InChI is InChI=1S/C17H25N3O5S/c1-12-4-5-15(21)14(10-12)18-16(22)17(23)20(8-7-19(2)3)13-6-9-26(24,25)11-13/h4-5,10,13,21H,6-9,11H2,1-3H3,(H,18,22). The van der Waals surface area contributed by atoms with E-state index in [2.05, 4.69) is 5.32 Å². The van der Waals surface area contributed by atoms with Crippen molar-refractivity contribution in [1.82, 2.24) is 9.80 Å². The van der Waals surface area contributed by atoms with Crippen LogP contribution in [0.15, 0.2) is 18.2 Å². The lowest BCUT2D eigenvalue weighted by Crippen LogP contribution is -2.48. The number of hydrogen-bond donors (Lipinski definition) is 2. The number of sulfone groups is 1. The molecule has 1 saturated heterocycles. The largest absolute Gasteiger partial charge is 0.506 e. The lowest BCUT2D eigenvalue weighted by Gasteiger charge is -2.28. The van der Waals surface area contributed by atoms with Crippen LogP contribution in [0.2, 0.25) is 0 Å². The van der Waals surface area contributed by atoms with Gasteiger partial charge in [0.25, 0.3) is 0 Å². The molecule has 0 aromatic heterocycles. The Morgan fingerprint density at radius 1 is 1.27 bits per heavy atom. The molecule has 26 heavy (non-hydrogen) atoms. The molecule has 1 aliphatic heterocycles. The Labute approximate surface area is 153 Å². The van der Waals surface area contributed by atoms with Crippen LogP contribution >= 0.6 is 0 Å². The Balaban J connectivity index is 2.16. The lowest BCUT2D eigenvalue weighted by molar-refractivity contribution is -0.144. The van der Waals surface area contributed by atoms with E-state index in [4.69, 9.17) is 0 Å². The number of amides is 2. The molecule has 2 amide bonds. The number of nitrogens with zero attached hydrogens (tertiary/aromatic N) is 2. The molecule has 1 aromatic rings. The minimum atomic E-state index is -3.19. The number of phenolic OH excluding ortho intramolecular Hbond substituents is 1. The van der Waals surface area contributed by atoms with Crippen molar-refractivity contribution in [3.05, 3.63) is 23.8 Å². The number of phenols is 1. The van der Waals surface area contributed by atoms with Crippen LogP contribution in [0.3, 0.4) is 0 Å². The number of anilines is 1. The van der Waals surface area contributed by atoms with Gasteiger partial charge in [0.05, 0.1) is 17.2 Å². The van der Waals surface area contributed by atoms with Gasteiger partial charge in [-0.15, -0.1) is 0 Å². The van der Waals surface area contributed by atoms with E-state index in [1.807, 2.05) is 19.0 Å². The number of rotatable bonds is 5. The van der Waals surface area contributed by atoms with Crippen LogP contribution in [0, 0.1) is 6.92 Å². The smallest absolute Gasteiger partial charge is 0.314 e. The molecule has 0 radical (unpaired) electrons. The van der Waals surface area contributed by atoms with Crippen LogP contribution in [-0.4, -0.2) is 79.9 Å². The van der Waals surface area contributed by atoms with E-state index in [0.717, 1.165) is 5.56 Å². The molecule has 2 rings (SSSR count). The molecule has 0 spiro atoms. The number of aromatic hydroxyl groups is 1. The van der Waals surface area contributed by atoms with Gasteiger partial charge < -0.3 is 20.2 Å². The molecule has 144 valence electrons. The van der Waals surface area contributed by atoms with E-state index in [0.29, 0.717) is 13.0 Å². The minimum absolute atomic E-state index is 0.0176. The van der Waals surface area contributed by atoms with Crippen molar-refractivity contribution < 1.29 is 23.1 Å². The van der Waals surface area contributed by atoms with Gasteiger partial charge in [-0.3, -0.25) is 9.59 Å². The summed E-state index contributed by atoms with van der Waals surface area (Å²) in [5.41, 5.74) is 0.965. The van der Waals surface area contributed by atoms with Gasteiger partial charge >= 0.3 is 11.8 Å². The van der Waals surface area contributed by atoms with Crippen LogP contribution < -0.4 is 5.32 Å². The Bertz CT molecular complexity index is 792. The molecule has 1 aromatic carbocycles. The van der Waals surface area contributed by atoms with Crippen molar-refractivity contribution >= 4 is 27.3 Å². The maximum atomic E-state index is 12.7. The second-order valence-corrected chi connectivity index (χ2v) is 9.06. The van der Waals surface area contributed by atoms with Gasteiger partial charge in [-0.05, 0) is 45.1 Å². The number of aryl methyl sites for hydroxylation is 1. The summed E-state index contributed by atoms with van der Waals surface area (Å²) >= 11 is 0. The zero-order chi connectivity index (χ0) is 19.5. The molecule has 9 heteroatoms. The summed E-state index contributed by atoms with van der Waals surface area (Å²) in [4.78, 5) is 28.3. The summed E-state index contributed by atoms with van der Waals surface area (Å²) in [7, 11) is 0.476. The van der Waals surface area contributed by atoms with E-state index in [-0.39, 0.29) is 29.5 Å². The third-order valence-corrected chi connectivity index (χ3v) is 6.04. The maximum absolute atomic E-state index is 12.7. The van der Waals surface area contributed by atoms with Crippen molar-refractivity contribution in [2.45, 2.75) is 19.4 Å². The molecule has 1 atom stereocenters. The highest BCUT2D eigenvalue weighted by atomic mass is 32.2. The van der Waals surface area contributed by atoms with Crippen LogP contribution in [0.4, 0.5) is 5.69 Å². The average Bonchev–Trinajstić information content (AvgIpc) is 2.90. The monoisotopic (exact) mass is 383 g/mol. The molecule has 0 aliphatic carbocycles. The first-order chi connectivity index (χ1) is 12.1. The number of hydrogen-bond acceptors (Lipinski definition) is 6. The molecular formula is C17H25N3O5S. The topological polar surface area (TPSA) is 107 Å². The minimum Gasteiger partial charge on any atom is -0.506 e. The van der Waals surface area contributed by atoms with Crippen LogP contribution in [-0.2, 0) is 19.4 Å². The number of benzene rings is 1. The van der Waals surface area contributed by atoms with E-state index < -0.39 is 27.7 Å². The Morgan fingerprint density at radius 3 is 2.54 bits per heavy atom. The van der Waals surface area contributed by atoms with E-state index in [1.165, 1.54) is 11.0 Å². The molecule has 8 nitrogen and oxygen atoms in total. The highest BCUT2D eigenvalue weighted by Crippen LogP contribution is 2.24. The fraction of sp³-hybridized carbons (Fsp3) is 0.529.